The van der Waals surface area contributed by atoms with E-state index in [1.807, 2.05) is 6.08 Å². The molecule has 2 aromatic carbocycles. The molecule has 0 aromatic heterocycles. The number of methoxy groups -OCH3 is 1. The second kappa shape index (κ2) is 9.59. The standard InChI is InChI=1S/C24H33NO/c1-7-20-13-14-24(26-6)23(17-20)22(21-11-9-8-10-12-21)15-16-25(18(2)3)19(4)5/h7-14,17-19,22H,1,15-16H2,2-6H3/t22-/m1/s1. The van der Waals surface area contributed by atoms with Gasteiger partial charge in [-0.15, -0.1) is 0 Å². The van der Waals surface area contributed by atoms with Gasteiger partial charge < -0.3 is 4.74 Å². The maximum atomic E-state index is 5.70. The molecule has 0 aliphatic rings. The Hall–Kier alpha value is -2.06. The van der Waals surface area contributed by atoms with Crippen molar-refractivity contribution in [3.63, 3.8) is 0 Å². The molecular weight excluding hydrogens is 318 g/mol. The lowest BCUT2D eigenvalue weighted by atomic mass is 9.86. The highest BCUT2D eigenvalue weighted by Crippen LogP contribution is 2.35. The molecule has 0 N–H and O–H groups in total. The van der Waals surface area contributed by atoms with Crippen molar-refractivity contribution < 1.29 is 4.74 Å². The van der Waals surface area contributed by atoms with Crippen LogP contribution in [0.3, 0.4) is 0 Å². The predicted octanol–water partition coefficient (Wildman–Crippen LogP) is 5.98. The van der Waals surface area contributed by atoms with E-state index in [2.05, 4.69) is 87.7 Å². The van der Waals surface area contributed by atoms with E-state index in [0.717, 1.165) is 24.3 Å². The Kier molecular flexibility index (Phi) is 7.47. The van der Waals surface area contributed by atoms with Gasteiger partial charge >= 0.3 is 0 Å². The zero-order valence-corrected chi connectivity index (χ0v) is 16.9. The molecule has 0 saturated heterocycles. The summed E-state index contributed by atoms with van der Waals surface area (Å²) in [6.07, 6.45) is 2.96. The van der Waals surface area contributed by atoms with Crippen LogP contribution in [-0.2, 0) is 0 Å². The monoisotopic (exact) mass is 351 g/mol. The minimum Gasteiger partial charge on any atom is -0.496 e. The lowest BCUT2D eigenvalue weighted by molar-refractivity contribution is 0.170. The van der Waals surface area contributed by atoms with Gasteiger partial charge in [0.05, 0.1) is 7.11 Å². The fraction of sp³-hybridized carbons (Fsp3) is 0.417. The summed E-state index contributed by atoms with van der Waals surface area (Å²) in [6, 6.07) is 18.2. The van der Waals surface area contributed by atoms with E-state index in [1.165, 1.54) is 11.1 Å². The van der Waals surface area contributed by atoms with E-state index in [1.54, 1.807) is 7.11 Å². The normalized spacial score (nSPS) is 12.6. The Labute approximate surface area is 159 Å². The Balaban J connectivity index is 2.41. The second-order valence-electron chi connectivity index (χ2n) is 7.38. The van der Waals surface area contributed by atoms with Crippen LogP contribution in [0, 0.1) is 0 Å². The van der Waals surface area contributed by atoms with Crippen molar-refractivity contribution in [3.8, 4) is 5.75 Å². The van der Waals surface area contributed by atoms with Gasteiger partial charge in [0.1, 0.15) is 5.75 Å². The summed E-state index contributed by atoms with van der Waals surface area (Å²) in [6.45, 7) is 14.1. The maximum absolute atomic E-state index is 5.70. The zero-order chi connectivity index (χ0) is 19.1. The fourth-order valence-electron chi connectivity index (χ4n) is 3.73. The van der Waals surface area contributed by atoms with Crippen molar-refractivity contribution in [1.82, 2.24) is 4.90 Å². The maximum Gasteiger partial charge on any atom is 0.122 e. The molecule has 0 spiro atoms. The van der Waals surface area contributed by atoms with Crippen LogP contribution >= 0.6 is 0 Å². The third kappa shape index (κ3) is 4.98. The molecule has 0 aliphatic carbocycles. The van der Waals surface area contributed by atoms with Gasteiger partial charge in [-0.3, -0.25) is 4.90 Å². The van der Waals surface area contributed by atoms with Gasteiger partial charge in [-0.1, -0.05) is 49.1 Å². The Bertz CT molecular complexity index is 683. The molecule has 2 rings (SSSR count). The third-order valence-corrected chi connectivity index (χ3v) is 5.07. The molecule has 2 nitrogen and oxygen atoms in total. The molecular formula is C24H33NO. The average Bonchev–Trinajstić information content (AvgIpc) is 2.64. The first-order chi connectivity index (χ1) is 12.5. The van der Waals surface area contributed by atoms with Crippen molar-refractivity contribution in [3.05, 3.63) is 71.8 Å². The molecule has 2 aromatic rings. The minimum absolute atomic E-state index is 0.297. The molecule has 0 saturated carbocycles. The van der Waals surface area contributed by atoms with Crippen molar-refractivity contribution in [2.24, 2.45) is 0 Å². The largest absolute Gasteiger partial charge is 0.496 e. The predicted molar refractivity (Wildman–Crippen MR) is 113 cm³/mol. The van der Waals surface area contributed by atoms with Gasteiger partial charge in [0.15, 0.2) is 0 Å². The van der Waals surface area contributed by atoms with E-state index in [9.17, 15) is 0 Å². The first-order valence-electron chi connectivity index (χ1n) is 9.59. The van der Waals surface area contributed by atoms with Crippen LogP contribution in [0.25, 0.3) is 6.08 Å². The first kappa shape index (κ1) is 20.3. The van der Waals surface area contributed by atoms with Crippen molar-refractivity contribution in [1.29, 1.82) is 0 Å². The van der Waals surface area contributed by atoms with E-state index in [-0.39, 0.29) is 0 Å². The van der Waals surface area contributed by atoms with Crippen molar-refractivity contribution >= 4 is 6.08 Å². The number of hydrogen-bond donors (Lipinski definition) is 0. The van der Waals surface area contributed by atoms with E-state index < -0.39 is 0 Å². The molecule has 2 heteroatoms. The van der Waals surface area contributed by atoms with Crippen LogP contribution in [-0.4, -0.2) is 30.6 Å². The van der Waals surface area contributed by atoms with Crippen LogP contribution < -0.4 is 4.74 Å². The highest BCUT2D eigenvalue weighted by molar-refractivity contribution is 5.54. The van der Waals surface area contributed by atoms with Gasteiger partial charge in [0.2, 0.25) is 0 Å². The van der Waals surface area contributed by atoms with Gasteiger partial charge in [0, 0.05) is 23.6 Å². The van der Waals surface area contributed by atoms with Crippen LogP contribution in [0.2, 0.25) is 0 Å². The Morgan fingerprint density at radius 2 is 1.65 bits per heavy atom. The molecule has 0 bridgehead atoms. The highest BCUT2D eigenvalue weighted by atomic mass is 16.5. The van der Waals surface area contributed by atoms with E-state index in [4.69, 9.17) is 4.74 Å². The molecule has 140 valence electrons. The molecule has 0 heterocycles. The number of hydrogen-bond acceptors (Lipinski definition) is 2. The Morgan fingerprint density at radius 1 is 1.00 bits per heavy atom. The van der Waals surface area contributed by atoms with Gasteiger partial charge in [-0.25, -0.2) is 0 Å². The summed E-state index contributed by atoms with van der Waals surface area (Å²) >= 11 is 0. The first-order valence-corrected chi connectivity index (χ1v) is 9.59. The molecule has 0 amide bonds. The summed E-state index contributed by atoms with van der Waals surface area (Å²) in [7, 11) is 1.75. The highest BCUT2D eigenvalue weighted by Gasteiger charge is 2.21. The summed E-state index contributed by atoms with van der Waals surface area (Å²) in [4.78, 5) is 2.56. The van der Waals surface area contributed by atoms with Gasteiger partial charge in [0.25, 0.3) is 0 Å². The average molecular weight is 352 g/mol. The van der Waals surface area contributed by atoms with Crippen LogP contribution in [0.5, 0.6) is 5.75 Å². The molecule has 26 heavy (non-hydrogen) atoms. The van der Waals surface area contributed by atoms with Crippen molar-refractivity contribution in [2.75, 3.05) is 13.7 Å². The third-order valence-electron chi connectivity index (χ3n) is 5.07. The molecule has 0 unspecified atom stereocenters. The van der Waals surface area contributed by atoms with Crippen LogP contribution in [0.1, 0.15) is 56.7 Å². The molecule has 0 aliphatic heterocycles. The quantitative estimate of drug-likeness (QED) is 0.551. The SMILES string of the molecule is C=Cc1ccc(OC)c([C@H](CCN(C(C)C)C(C)C)c2ccccc2)c1. The lowest BCUT2D eigenvalue weighted by Gasteiger charge is -2.32. The summed E-state index contributed by atoms with van der Waals surface area (Å²) in [5.74, 6) is 1.25. The molecule has 0 radical (unpaired) electrons. The van der Waals surface area contributed by atoms with Crippen molar-refractivity contribution in [2.45, 2.75) is 52.1 Å². The number of benzene rings is 2. The Morgan fingerprint density at radius 3 is 2.19 bits per heavy atom. The number of nitrogens with zero attached hydrogens (tertiary/aromatic N) is 1. The van der Waals surface area contributed by atoms with E-state index >= 15 is 0 Å². The lowest BCUT2D eigenvalue weighted by Crippen LogP contribution is -2.38. The minimum atomic E-state index is 0.297. The summed E-state index contributed by atoms with van der Waals surface area (Å²) in [5, 5.41) is 0. The van der Waals surface area contributed by atoms with Crippen LogP contribution in [0.4, 0.5) is 0 Å². The van der Waals surface area contributed by atoms with Gasteiger partial charge in [-0.05, 0) is 63.9 Å². The fourth-order valence-corrected chi connectivity index (χ4v) is 3.73. The number of ether oxygens (including phenoxy) is 1. The zero-order valence-electron chi connectivity index (χ0n) is 16.9. The molecule has 0 fully saturated rings. The molecule has 1 atom stereocenters. The smallest absolute Gasteiger partial charge is 0.122 e. The topological polar surface area (TPSA) is 12.5 Å². The summed E-state index contributed by atoms with van der Waals surface area (Å²) in [5.41, 5.74) is 3.70. The van der Waals surface area contributed by atoms with Gasteiger partial charge in [-0.2, -0.15) is 0 Å². The number of rotatable bonds is 9. The summed E-state index contributed by atoms with van der Waals surface area (Å²) < 4.78 is 5.70. The second-order valence-corrected chi connectivity index (χ2v) is 7.38. The van der Waals surface area contributed by atoms with Crippen LogP contribution in [0.15, 0.2) is 55.1 Å². The van der Waals surface area contributed by atoms with E-state index in [0.29, 0.717) is 18.0 Å².